The molecule has 1 heterocycles. The van der Waals surface area contributed by atoms with Crippen LogP contribution in [-0.4, -0.2) is 42.7 Å². The number of rotatable bonds is 2. The number of non-ortho nitro benzene ring substituents is 1. The van der Waals surface area contributed by atoms with Crippen LogP contribution in [0, 0.1) is 10.1 Å². The molecule has 7 nitrogen and oxygen atoms in total. The number of carbonyl (C=O) groups excluding carboxylic acids is 1. The predicted molar refractivity (Wildman–Crippen MR) is 65.8 cm³/mol. The Kier molecular flexibility index (Phi) is 3.96. The van der Waals surface area contributed by atoms with Crippen molar-refractivity contribution >= 4 is 11.8 Å². The van der Waals surface area contributed by atoms with E-state index in [4.69, 9.17) is 4.74 Å². The monoisotopic (exact) mass is 266 g/mol. The molecule has 1 aromatic carbocycles. The van der Waals surface area contributed by atoms with Crippen LogP contribution in [0.3, 0.4) is 0 Å². The second kappa shape index (κ2) is 5.66. The number of benzene rings is 1. The van der Waals surface area contributed by atoms with Crippen LogP contribution < -0.4 is 0 Å². The number of carbonyl (C=O) groups is 1. The summed E-state index contributed by atoms with van der Waals surface area (Å²) in [6.45, 7) is 1.28. The summed E-state index contributed by atoms with van der Waals surface area (Å²) < 4.78 is 10.2. The number of hydrogen-bond donors (Lipinski definition) is 0. The Labute approximate surface area is 109 Å². The van der Waals surface area contributed by atoms with E-state index in [0.717, 1.165) is 5.56 Å². The van der Waals surface area contributed by atoms with Crippen LogP contribution in [0.5, 0.6) is 0 Å². The maximum absolute atomic E-state index is 11.4. The third kappa shape index (κ3) is 3.00. The number of amides is 1. The highest BCUT2D eigenvalue weighted by atomic mass is 16.6. The summed E-state index contributed by atoms with van der Waals surface area (Å²) in [7, 11) is 1.33. The highest BCUT2D eigenvalue weighted by Crippen LogP contribution is 2.24. The van der Waals surface area contributed by atoms with Crippen molar-refractivity contribution in [3.05, 3.63) is 39.9 Å². The Morgan fingerprint density at radius 2 is 2.16 bits per heavy atom. The van der Waals surface area contributed by atoms with Crippen LogP contribution in [0.2, 0.25) is 0 Å². The van der Waals surface area contributed by atoms with Gasteiger partial charge in [-0.1, -0.05) is 0 Å². The van der Waals surface area contributed by atoms with Crippen LogP contribution in [0.15, 0.2) is 24.3 Å². The van der Waals surface area contributed by atoms with E-state index in [9.17, 15) is 14.9 Å². The van der Waals surface area contributed by atoms with Crippen molar-refractivity contribution in [2.24, 2.45) is 0 Å². The second-order valence-corrected chi connectivity index (χ2v) is 4.12. The lowest BCUT2D eigenvalue weighted by Gasteiger charge is -2.32. The maximum Gasteiger partial charge on any atom is 0.409 e. The highest BCUT2D eigenvalue weighted by molar-refractivity contribution is 5.67. The lowest BCUT2D eigenvalue weighted by atomic mass is 10.1. The summed E-state index contributed by atoms with van der Waals surface area (Å²) >= 11 is 0. The van der Waals surface area contributed by atoms with Crippen LogP contribution in [-0.2, 0) is 9.47 Å². The molecule has 1 amide bonds. The van der Waals surface area contributed by atoms with E-state index in [1.165, 1.54) is 19.2 Å². The van der Waals surface area contributed by atoms with Gasteiger partial charge in [0.2, 0.25) is 0 Å². The van der Waals surface area contributed by atoms with Gasteiger partial charge < -0.3 is 14.4 Å². The first-order chi connectivity index (χ1) is 9.11. The molecule has 1 aliphatic rings. The summed E-state index contributed by atoms with van der Waals surface area (Å²) in [5, 5.41) is 10.6. The number of methoxy groups -OCH3 is 1. The van der Waals surface area contributed by atoms with Crippen LogP contribution in [0.25, 0.3) is 0 Å². The van der Waals surface area contributed by atoms with Gasteiger partial charge in [0.15, 0.2) is 0 Å². The van der Waals surface area contributed by atoms with Gasteiger partial charge in [-0.3, -0.25) is 10.1 Å². The molecule has 1 fully saturated rings. The van der Waals surface area contributed by atoms with E-state index < -0.39 is 11.0 Å². The number of morpholine rings is 1. The van der Waals surface area contributed by atoms with Gasteiger partial charge in [-0.05, 0) is 17.7 Å². The lowest BCUT2D eigenvalue weighted by molar-refractivity contribution is -0.384. The minimum absolute atomic E-state index is 0.0318. The van der Waals surface area contributed by atoms with Gasteiger partial charge in [0.1, 0.15) is 6.10 Å². The quantitative estimate of drug-likeness (QED) is 0.601. The number of nitro benzene ring substituents is 1. The first kappa shape index (κ1) is 13.3. The summed E-state index contributed by atoms with van der Waals surface area (Å²) in [5.74, 6) is 0. The van der Waals surface area contributed by atoms with Crippen molar-refractivity contribution in [2.45, 2.75) is 6.10 Å². The molecule has 0 spiro atoms. The number of nitrogens with zero attached hydrogens (tertiary/aromatic N) is 2. The molecule has 0 unspecified atom stereocenters. The number of ether oxygens (including phenoxy) is 2. The van der Waals surface area contributed by atoms with Gasteiger partial charge in [0, 0.05) is 18.7 Å². The molecule has 0 radical (unpaired) electrons. The Morgan fingerprint density at radius 1 is 1.47 bits per heavy atom. The zero-order valence-electron chi connectivity index (χ0n) is 10.4. The highest BCUT2D eigenvalue weighted by Gasteiger charge is 2.26. The topological polar surface area (TPSA) is 81.9 Å². The van der Waals surface area contributed by atoms with Crippen molar-refractivity contribution in [1.29, 1.82) is 0 Å². The Morgan fingerprint density at radius 3 is 2.74 bits per heavy atom. The predicted octanol–water partition coefficient (Wildman–Crippen LogP) is 1.73. The SMILES string of the molecule is COC(=O)N1CCO[C@@H](c2ccc([N+](=O)[O-])cc2)C1. The smallest absolute Gasteiger partial charge is 0.409 e. The Hall–Kier alpha value is -2.15. The van der Waals surface area contributed by atoms with Gasteiger partial charge in [0.25, 0.3) is 5.69 Å². The normalized spacial score (nSPS) is 19.0. The van der Waals surface area contributed by atoms with Gasteiger partial charge in [-0.25, -0.2) is 4.79 Å². The average molecular weight is 266 g/mol. The van der Waals surface area contributed by atoms with E-state index in [0.29, 0.717) is 19.7 Å². The first-order valence-corrected chi connectivity index (χ1v) is 5.80. The van der Waals surface area contributed by atoms with Gasteiger partial charge >= 0.3 is 6.09 Å². The summed E-state index contributed by atoms with van der Waals surface area (Å²) in [4.78, 5) is 23.1. The van der Waals surface area contributed by atoms with Gasteiger partial charge in [0.05, 0.1) is 25.2 Å². The van der Waals surface area contributed by atoms with Crippen LogP contribution >= 0.6 is 0 Å². The number of hydrogen-bond acceptors (Lipinski definition) is 5. The fraction of sp³-hybridized carbons (Fsp3) is 0.417. The minimum atomic E-state index is -0.452. The number of nitro groups is 1. The molecule has 2 rings (SSSR count). The third-order valence-corrected chi connectivity index (χ3v) is 2.97. The Balaban J connectivity index is 2.08. The molecular weight excluding hydrogens is 252 g/mol. The molecule has 1 aromatic rings. The molecule has 0 aromatic heterocycles. The molecule has 0 aliphatic carbocycles. The molecule has 102 valence electrons. The third-order valence-electron chi connectivity index (χ3n) is 2.97. The van der Waals surface area contributed by atoms with Crippen molar-refractivity contribution in [2.75, 3.05) is 26.8 Å². The molecule has 19 heavy (non-hydrogen) atoms. The molecule has 0 saturated carbocycles. The van der Waals surface area contributed by atoms with E-state index >= 15 is 0 Å². The van der Waals surface area contributed by atoms with E-state index in [-0.39, 0.29) is 11.8 Å². The molecule has 0 bridgehead atoms. The van der Waals surface area contributed by atoms with Crippen LogP contribution in [0.1, 0.15) is 11.7 Å². The largest absolute Gasteiger partial charge is 0.453 e. The van der Waals surface area contributed by atoms with Crippen molar-refractivity contribution in [3.63, 3.8) is 0 Å². The standard InChI is InChI=1S/C12H14N2O5/c1-18-12(15)13-6-7-19-11(8-13)9-2-4-10(5-3-9)14(16)17/h2-5,11H,6-8H2,1H3/t11-/m1/s1. The molecule has 1 aliphatic heterocycles. The molecule has 1 saturated heterocycles. The zero-order valence-corrected chi connectivity index (χ0v) is 10.4. The van der Waals surface area contributed by atoms with Gasteiger partial charge in [-0.15, -0.1) is 0 Å². The van der Waals surface area contributed by atoms with Gasteiger partial charge in [-0.2, -0.15) is 0 Å². The Bertz CT molecular complexity index is 474. The van der Waals surface area contributed by atoms with E-state index in [2.05, 4.69) is 4.74 Å². The summed E-state index contributed by atoms with van der Waals surface area (Å²) in [6, 6.07) is 6.14. The summed E-state index contributed by atoms with van der Waals surface area (Å²) in [6.07, 6.45) is -0.677. The molecular formula is C12H14N2O5. The summed E-state index contributed by atoms with van der Waals surface area (Å²) in [5.41, 5.74) is 0.837. The average Bonchev–Trinajstić information content (AvgIpc) is 2.46. The fourth-order valence-electron chi connectivity index (χ4n) is 1.96. The van der Waals surface area contributed by atoms with Crippen molar-refractivity contribution < 1.29 is 19.2 Å². The zero-order chi connectivity index (χ0) is 13.8. The molecule has 7 heteroatoms. The molecule has 0 N–H and O–H groups in total. The first-order valence-electron chi connectivity index (χ1n) is 5.80. The van der Waals surface area contributed by atoms with E-state index in [1.54, 1.807) is 17.0 Å². The second-order valence-electron chi connectivity index (χ2n) is 4.12. The lowest BCUT2D eigenvalue weighted by Crippen LogP contribution is -2.42. The molecule has 1 atom stereocenters. The van der Waals surface area contributed by atoms with E-state index in [1.807, 2.05) is 0 Å². The maximum atomic E-state index is 11.4. The minimum Gasteiger partial charge on any atom is -0.453 e. The van der Waals surface area contributed by atoms with Crippen molar-refractivity contribution in [3.8, 4) is 0 Å². The van der Waals surface area contributed by atoms with Crippen LogP contribution in [0.4, 0.5) is 10.5 Å². The fourth-order valence-corrected chi connectivity index (χ4v) is 1.96. The van der Waals surface area contributed by atoms with Crippen molar-refractivity contribution in [1.82, 2.24) is 4.90 Å².